The zero-order valence-electron chi connectivity index (χ0n) is 7.88. The van der Waals surface area contributed by atoms with Crippen molar-refractivity contribution in [2.45, 2.75) is 13.5 Å². The molecular formula is C9H11N5. The van der Waals surface area contributed by atoms with E-state index in [2.05, 4.69) is 15.3 Å². The fraction of sp³-hybridized carbons (Fsp3) is 0.222. The van der Waals surface area contributed by atoms with Crippen molar-refractivity contribution in [2.24, 2.45) is 0 Å². The average Bonchev–Trinajstić information content (AvgIpc) is 2.56. The number of nitrogen functional groups attached to an aromatic ring is 1. The lowest BCUT2D eigenvalue weighted by Gasteiger charge is -2.02. The van der Waals surface area contributed by atoms with Gasteiger partial charge < -0.3 is 5.73 Å². The molecule has 14 heavy (non-hydrogen) atoms. The molecule has 0 aliphatic carbocycles. The molecule has 2 rings (SSSR count). The van der Waals surface area contributed by atoms with Gasteiger partial charge in [0.15, 0.2) is 5.82 Å². The Balaban J connectivity index is 2.23. The Hall–Kier alpha value is -1.91. The van der Waals surface area contributed by atoms with Crippen LogP contribution >= 0.6 is 0 Å². The van der Waals surface area contributed by atoms with Crippen molar-refractivity contribution in [1.29, 1.82) is 0 Å². The minimum Gasteiger partial charge on any atom is -0.381 e. The van der Waals surface area contributed by atoms with Gasteiger partial charge in [0.05, 0.1) is 12.7 Å². The minimum absolute atomic E-state index is 0.437. The largest absolute Gasteiger partial charge is 0.381 e. The number of nitrogens with two attached hydrogens (primary N) is 1. The van der Waals surface area contributed by atoms with Gasteiger partial charge in [0.1, 0.15) is 0 Å². The third-order valence-corrected chi connectivity index (χ3v) is 2.01. The van der Waals surface area contributed by atoms with Gasteiger partial charge in [0.25, 0.3) is 0 Å². The Morgan fingerprint density at radius 1 is 1.50 bits per heavy atom. The number of rotatable bonds is 2. The second kappa shape index (κ2) is 3.45. The molecule has 5 heteroatoms. The van der Waals surface area contributed by atoms with E-state index < -0.39 is 0 Å². The van der Waals surface area contributed by atoms with E-state index in [9.17, 15) is 0 Å². The maximum atomic E-state index is 5.46. The molecule has 0 amide bonds. The number of pyridine rings is 1. The molecule has 0 aliphatic rings. The van der Waals surface area contributed by atoms with Crippen molar-refractivity contribution < 1.29 is 0 Å². The highest BCUT2D eigenvalue weighted by atomic mass is 15.4. The van der Waals surface area contributed by atoms with Crippen LogP contribution in [0.2, 0.25) is 0 Å². The first-order valence-corrected chi connectivity index (χ1v) is 4.32. The number of aromatic nitrogens is 4. The molecule has 0 aromatic carbocycles. The van der Waals surface area contributed by atoms with Crippen LogP contribution in [0.25, 0.3) is 0 Å². The molecule has 0 unspecified atom stereocenters. The van der Waals surface area contributed by atoms with Gasteiger partial charge in [-0.2, -0.15) is 0 Å². The molecule has 72 valence electrons. The predicted molar refractivity (Wildman–Crippen MR) is 52.5 cm³/mol. The topological polar surface area (TPSA) is 69.6 Å². The SMILES string of the molecule is Cc1ncccc1Cn1cc(N)nn1. The highest BCUT2D eigenvalue weighted by Crippen LogP contribution is 2.06. The van der Waals surface area contributed by atoms with Crippen LogP contribution in [0.15, 0.2) is 24.5 Å². The summed E-state index contributed by atoms with van der Waals surface area (Å²) in [6.07, 6.45) is 3.47. The van der Waals surface area contributed by atoms with Gasteiger partial charge in [-0.3, -0.25) is 4.98 Å². The van der Waals surface area contributed by atoms with Crippen LogP contribution in [0, 0.1) is 6.92 Å². The monoisotopic (exact) mass is 189 g/mol. The Morgan fingerprint density at radius 2 is 2.36 bits per heavy atom. The Morgan fingerprint density at radius 3 is 3.00 bits per heavy atom. The van der Waals surface area contributed by atoms with E-state index in [0.717, 1.165) is 11.3 Å². The number of nitrogens with zero attached hydrogens (tertiary/aromatic N) is 4. The molecule has 2 aromatic rings. The summed E-state index contributed by atoms with van der Waals surface area (Å²) in [5.41, 5.74) is 7.58. The molecule has 0 saturated heterocycles. The summed E-state index contributed by atoms with van der Waals surface area (Å²) >= 11 is 0. The Labute approximate surface area is 81.6 Å². The first-order valence-electron chi connectivity index (χ1n) is 4.32. The van der Waals surface area contributed by atoms with Crippen LogP contribution < -0.4 is 5.73 Å². The molecule has 2 N–H and O–H groups in total. The van der Waals surface area contributed by atoms with Crippen molar-refractivity contribution >= 4 is 5.82 Å². The quantitative estimate of drug-likeness (QED) is 0.751. The lowest BCUT2D eigenvalue weighted by Crippen LogP contribution is -2.03. The summed E-state index contributed by atoms with van der Waals surface area (Å²) in [6, 6.07) is 3.92. The number of anilines is 1. The van der Waals surface area contributed by atoms with Crippen molar-refractivity contribution in [3.63, 3.8) is 0 Å². The van der Waals surface area contributed by atoms with Gasteiger partial charge in [0, 0.05) is 11.9 Å². The molecule has 5 nitrogen and oxygen atoms in total. The van der Waals surface area contributed by atoms with E-state index in [0.29, 0.717) is 12.4 Å². The Bertz CT molecular complexity index is 434. The zero-order valence-corrected chi connectivity index (χ0v) is 7.88. The third kappa shape index (κ3) is 1.71. The van der Waals surface area contributed by atoms with Crippen LogP contribution in [0.4, 0.5) is 5.82 Å². The van der Waals surface area contributed by atoms with Crippen molar-refractivity contribution in [3.05, 3.63) is 35.8 Å². The highest BCUT2D eigenvalue weighted by molar-refractivity contribution is 5.22. The first kappa shape index (κ1) is 8.68. The van der Waals surface area contributed by atoms with Gasteiger partial charge in [-0.1, -0.05) is 11.3 Å². The van der Waals surface area contributed by atoms with E-state index in [1.165, 1.54) is 0 Å². The highest BCUT2D eigenvalue weighted by Gasteiger charge is 2.01. The fourth-order valence-electron chi connectivity index (χ4n) is 1.25. The number of hydrogen-bond donors (Lipinski definition) is 1. The van der Waals surface area contributed by atoms with Gasteiger partial charge >= 0.3 is 0 Å². The Kier molecular flexibility index (Phi) is 2.14. The van der Waals surface area contributed by atoms with Crippen molar-refractivity contribution in [1.82, 2.24) is 20.0 Å². The molecule has 0 fully saturated rings. The van der Waals surface area contributed by atoms with Crippen molar-refractivity contribution in [3.8, 4) is 0 Å². The molecule has 2 aromatic heterocycles. The zero-order chi connectivity index (χ0) is 9.97. The van der Waals surface area contributed by atoms with E-state index in [1.54, 1.807) is 17.1 Å². The van der Waals surface area contributed by atoms with E-state index in [4.69, 9.17) is 5.73 Å². The van der Waals surface area contributed by atoms with Gasteiger partial charge in [-0.15, -0.1) is 5.10 Å². The van der Waals surface area contributed by atoms with Crippen LogP contribution in [0.1, 0.15) is 11.3 Å². The smallest absolute Gasteiger partial charge is 0.165 e. The van der Waals surface area contributed by atoms with Crippen molar-refractivity contribution in [2.75, 3.05) is 5.73 Å². The van der Waals surface area contributed by atoms with E-state index >= 15 is 0 Å². The molecule has 0 atom stereocenters. The normalized spacial score (nSPS) is 10.4. The van der Waals surface area contributed by atoms with Gasteiger partial charge in [0.2, 0.25) is 0 Å². The summed E-state index contributed by atoms with van der Waals surface area (Å²) in [7, 11) is 0. The third-order valence-electron chi connectivity index (χ3n) is 2.01. The second-order valence-corrected chi connectivity index (χ2v) is 3.09. The molecule has 0 aliphatic heterocycles. The van der Waals surface area contributed by atoms with Crippen LogP contribution in [-0.4, -0.2) is 20.0 Å². The summed E-state index contributed by atoms with van der Waals surface area (Å²) in [4.78, 5) is 4.19. The van der Waals surface area contributed by atoms with Gasteiger partial charge in [-0.05, 0) is 18.6 Å². The standard InChI is InChI=1S/C9H11N5/c1-7-8(3-2-4-11-7)5-14-6-9(10)12-13-14/h2-4,6H,5,10H2,1H3. The van der Waals surface area contributed by atoms with E-state index in [-0.39, 0.29) is 0 Å². The molecule has 0 bridgehead atoms. The first-order chi connectivity index (χ1) is 6.75. The molecule has 0 radical (unpaired) electrons. The molecule has 2 heterocycles. The number of aryl methyl sites for hydroxylation is 1. The van der Waals surface area contributed by atoms with Crippen LogP contribution in [0.5, 0.6) is 0 Å². The fourth-order valence-corrected chi connectivity index (χ4v) is 1.25. The summed E-state index contributed by atoms with van der Waals surface area (Å²) in [5, 5.41) is 7.58. The predicted octanol–water partition coefficient (Wildman–Crippen LogP) is 0.612. The maximum absolute atomic E-state index is 5.46. The van der Waals surface area contributed by atoms with Crippen LogP contribution in [-0.2, 0) is 6.54 Å². The minimum atomic E-state index is 0.437. The summed E-state index contributed by atoms with van der Waals surface area (Å²) < 4.78 is 1.69. The molecule has 0 spiro atoms. The van der Waals surface area contributed by atoms with Gasteiger partial charge in [-0.25, -0.2) is 4.68 Å². The van der Waals surface area contributed by atoms with E-state index in [1.807, 2.05) is 19.1 Å². The summed E-state index contributed by atoms with van der Waals surface area (Å²) in [5.74, 6) is 0.437. The average molecular weight is 189 g/mol. The maximum Gasteiger partial charge on any atom is 0.165 e. The second-order valence-electron chi connectivity index (χ2n) is 3.09. The lowest BCUT2D eigenvalue weighted by molar-refractivity contribution is 0.645. The molecular weight excluding hydrogens is 178 g/mol. The summed E-state index contributed by atoms with van der Waals surface area (Å²) in [6.45, 7) is 2.62. The lowest BCUT2D eigenvalue weighted by atomic mass is 10.2. The number of hydrogen-bond acceptors (Lipinski definition) is 4. The molecule has 0 saturated carbocycles. The van der Waals surface area contributed by atoms with Crippen LogP contribution in [0.3, 0.4) is 0 Å².